The second-order valence-electron chi connectivity index (χ2n) is 10.9. The van der Waals surface area contributed by atoms with Crippen LogP contribution in [0.15, 0.2) is 59.5 Å². The molecule has 8 nitrogen and oxygen atoms in total. The molecule has 0 bridgehead atoms. The number of hydrogen-bond acceptors (Lipinski definition) is 5. The Hall–Kier alpha value is -3.43. The molecule has 0 heterocycles. The lowest BCUT2D eigenvalue weighted by molar-refractivity contribution is -0.116. The van der Waals surface area contributed by atoms with Crippen molar-refractivity contribution in [3.8, 4) is 5.75 Å². The number of carbonyl (C=O) groups excluding carboxylic acids is 2. The number of nitrogens with two attached hydrogens (primary N) is 1. The number of nitrogens with zero attached hydrogens (tertiary/aromatic N) is 1. The van der Waals surface area contributed by atoms with Gasteiger partial charge in [0.1, 0.15) is 5.75 Å². The lowest BCUT2D eigenvalue weighted by Crippen LogP contribution is -2.29. The van der Waals surface area contributed by atoms with E-state index in [4.69, 9.17) is 5.14 Å². The lowest BCUT2D eigenvalue weighted by atomic mass is 10.0. The molecule has 0 aliphatic heterocycles. The average Bonchev–Trinajstić information content (AvgIpc) is 2.95. The van der Waals surface area contributed by atoms with Crippen molar-refractivity contribution in [3.05, 3.63) is 60.2 Å². The summed E-state index contributed by atoms with van der Waals surface area (Å²) < 4.78 is 22.9. The number of sulfonamides is 1. The van der Waals surface area contributed by atoms with Crippen LogP contribution in [0.2, 0.25) is 0 Å². The van der Waals surface area contributed by atoms with E-state index >= 15 is 0 Å². The van der Waals surface area contributed by atoms with Gasteiger partial charge in [-0.1, -0.05) is 95.8 Å². The van der Waals surface area contributed by atoms with Crippen LogP contribution in [0, 0.1) is 0 Å². The van der Waals surface area contributed by atoms with Gasteiger partial charge < -0.3 is 15.3 Å². The zero-order valence-electron chi connectivity index (χ0n) is 24.9. The second kappa shape index (κ2) is 16.3. The van der Waals surface area contributed by atoms with Crippen LogP contribution in [0.4, 0.5) is 11.4 Å². The number of fused-ring (bicyclic) bond motifs is 1. The number of unbranched alkanes of at least 4 members (excludes halogenated alkanes) is 11. The van der Waals surface area contributed by atoms with Crippen molar-refractivity contribution in [2.24, 2.45) is 5.14 Å². The number of amides is 2. The molecule has 0 unspecified atom stereocenters. The van der Waals surface area contributed by atoms with Crippen molar-refractivity contribution in [2.75, 3.05) is 16.8 Å². The number of nitrogens with one attached hydrogen (secondary N) is 1. The van der Waals surface area contributed by atoms with Gasteiger partial charge in [-0.3, -0.25) is 9.59 Å². The van der Waals surface area contributed by atoms with Gasteiger partial charge in [-0.05, 0) is 42.8 Å². The fraction of sp³-hybridized carbons (Fsp3) is 0.455. The highest BCUT2D eigenvalue weighted by Crippen LogP contribution is 2.35. The maximum Gasteiger partial charge on any atom is 0.259 e. The van der Waals surface area contributed by atoms with Gasteiger partial charge in [0, 0.05) is 29.9 Å². The molecule has 42 heavy (non-hydrogen) atoms. The minimum absolute atomic E-state index is 0.0607. The highest BCUT2D eigenvalue weighted by Gasteiger charge is 2.19. The summed E-state index contributed by atoms with van der Waals surface area (Å²) in [5.41, 5.74) is 1.11. The Morgan fingerprint density at radius 3 is 1.90 bits per heavy atom. The van der Waals surface area contributed by atoms with Crippen LogP contribution in [-0.2, 0) is 14.8 Å². The van der Waals surface area contributed by atoms with Crippen molar-refractivity contribution in [2.45, 2.75) is 95.8 Å². The van der Waals surface area contributed by atoms with Crippen LogP contribution >= 0.6 is 0 Å². The molecule has 0 atom stereocenters. The molecule has 2 amide bonds. The topological polar surface area (TPSA) is 130 Å². The van der Waals surface area contributed by atoms with Crippen LogP contribution < -0.4 is 15.4 Å². The summed E-state index contributed by atoms with van der Waals surface area (Å²) >= 11 is 0. The van der Waals surface area contributed by atoms with Crippen LogP contribution in [0.3, 0.4) is 0 Å². The normalized spacial score (nSPS) is 11.5. The van der Waals surface area contributed by atoms with Gasteiger partial charge in [0.15, 0.2) is 0 Å². The third-order valence-electron chi connectivity index (χ3n) is 7.60. The Kier molecular flexibility index (Phi) is 12.8. The van der Waals surface area contributed by atoms with E-state index in [1.54, 1.807) is 30.0 Å². The van der Waals surface area contributed by atoms with Crippen LogP contribution in [0.5, 0.6) is 5.75 Å². The Balaban J connectivity index is 1.59. The summed E-state index contributed by atoms with van der Waals surface area (Å²) in [5.74, 6) is -0.820. The summed E-state index contributed by atoms with van der Waals surface area (Å²) in [5, 5.41) is 20.0. The summed E-state index contributed by atoms with van der Waals surface area (Å²) in [7, 11) is -3.85. The van der Waals surface area contributed by atoms with E-state index in [1.807, 2.05) is 6.07 Å². The number of primary sulfonamides is 1. The minimum Gasteiger partial charge on any atom is -0.506 e. The number of benzene rings is 3. The molecule has 3 aromatic carbocycles. The number of anilines is 2. The van der Waals surface area contributed by atoms with Gasteiger partial charge in [-0.15, -0.1) is 0 Å². The Bertz CT molecular complexity index is 1440. The Morgan fingerprint density at radius 1 is 0.786 bits per heavy atom. The highest BCUT2D eigenvalue weighted by molar-refractivity contribution is 7.89. The standard InChI is InChI=1S/C33H45N3O5S/c1-3-4-5-6-7-8-9-10-11-12-13-14-24-36(25(2)37)31-17-15-16-29-28(31)22-23-30(32(29)38)33(39)35-26-18-20-27(21-19-26)42(34,40)41/h15-23,38H,3-14,24H2,1-2H3,(H,35,39)(H2,34,40,41). The number of hydrogen-bond donors (Lipinski definition) is 3. The molecule has 3 rings (SSSR count). The van der Waals surface area contributed by atoms with Gasteiger partial charge in [0.25, 0.3) is 5.91 Å². The van der Waals surface area contributed by atoms with Crippen molar-refractivity contribution >= 4 is 44.0 Å². The van der Waals surface area contributed by atoms with E-state index in [0.717, 1.165) is 19.3 Å². The van der Waals surface area contributed by atoms with E-state index in [0.29, 0.717) is 28.7 Å². The van der Waals surface area contributed by atoms with Crippen molar-refractivity contribution < 1.29 is 23.1 Å². The zero-order chi connectivity index (χ0) is 30.5. The molecule has 9 heteroatoms. The molecule has 3 aromatic rings. The van der Waals surface area contributed by atoms with E-state index < -0.39 is 15.9 Å². The molecule has 0 saturated carbocycles. The lowest BCUT2D eigenvalue weighted by Gasteiger charge is -2.23. The molecule has 0 radical (unpaired) electrons. The van der Waals surface area contributed by atoms with Crippen LogP contribution in [0.1, 0.15) is 101 Å². The molecule has 228 valence electrons. The Morgan fingerprint density at radius 2 is 1.36 bits per heavy atom. The van der Waals surface area contributed by atoms with E-state index in [-0.39, 0.29) is 22.1 Å². The van der Waals surface area contributed by atoms with Crippen LogP contribution in [-0.4, -0.2) is 31.9 Å². The maximum absolute atomic E-state index is 12.9. The van der Waals surface area contributed by atoms with Crippen molar-refractivity contribution in [1.29, 1.82) is 0 Å². The van der Waals surface area contributed by atoms with Gasteiger partial charge >= 0.3 is 0 Å². The van der Waals surface area contributed by atoms with E-state index in [2.05, 4.69) is 12.2 Å². The van der Waals surface area contributed by atoms with Crippen molar-refractivity contribution in [3.63, 3.8) is 0 Å². The minimum atomic E-state index is -3.85. The van der Waals surface area contributed by atoms with Gasteiger partial charge in [-0.2, -0.15) is 0 Å². The first-order valence-electron chi connectivity index (χ1n) is 15.1. The van der Waals surface area contributed by atoms with Crippen molar-refractivity contribution in [1.82, 2.24) is 0 Å². The predicted octanol–water partition coefficient (Wildman–Crippen LogP) is 7.50. The largest absolute Gasteiger partial charge is 0.506 e. The predicted molar refractivity (Wildman–Crippen MR) is 170 cm³/mol. The molecule has 0 spiro atoms. The molecule has 0 saturated heterocycles. The van der Waals surface area contributed by atoms with E-state index in [1.165, 1.54) is 88.1 Å². The quantitative estimate of drug-likeness (QED) is 0.139. The number of aromatic hydroxyl groups is 1. The highest BCUT2D eigenvalue weighted by atomic mass is 32.2. The van der Waals surface area contributed by atoms with E-state index in [9.17, 15) is 23.1 Å². The summed E-state index contributed by atoms with van der Waals surface area (Å²) in [6.07, 6.45) is 14.9. The number of phenols is 1. The fourth-order valence-corrected chi connectivity index (χ4v) is 5.74. The molecule has 0 fully saturated rings. The van der Waals surface area contributed by atoms with Gasteiger partial charge in [0.05, 0.1) is 16.1 Å². The monoisotopic (exact) mass is 595 g/mol. The fourth-order valence-electron chi connectivity index (χ4n) is 5.23. The van der Waals surface area contributed by atoms with Gasteiger partial charge in [-0.25, -0.2) is 13.6 Å². The summed E-state index contributed by atoms with van der Waals surface area (Å²) in [4.78, 5) is 27.2. The smallest absolute Gasteiger partial charge is 0.259 e. The SMILES string of the molecule is CCCCCCCCCCCCCCN(C(C)=O)c1cccc2c(O)c(C(=O)Nc3ccc(S(N)(=O)=O)cc3)ccc12. The zero-order valence-corrected chi connectivity index (χ0v) is 25.7. The number of phenolic OH excluding ortho intramolecular Hbond substituents is 1. The molecular weight excluding hydrogens is 550 g/mol. The number of rotatable bonds is 17. The first-order chi connectivity index (χ1) is 20.1. The molecule has 0 aliphatic carbocycles. The first kappa shape index (κ1) is 33.1. The third-order valence-corrected chi connectivity index (χ3v) is 8.53. The molecular formula is C33H45N3O5S. The molecule has 0 aromatic heterocycles. The maximum atomic E-state index is 12.9. The van der Waals surface area contributed by atoms with Gasteiger partial charge in [0.2, 0.25) is 15.9 Å². The summed E-state index contributed by atoms with van der Waals surface area (Å²) in [6, 6.07) is 14.0. The third kappa shape index (κ3) is 9.56. The average molecular weight is 596 g/mol. The second-order valence-corrected chi connectivity index (χ2v) is 12.5. The van der Waals surface area contributed by atoms with Crippen LogP contribution in [0.25, 0.3) is 10.8 Å². The number of carbonyl (C=O) groups is 2. The molecule has 4 N–H and O–H groups in total. The first-order valence-corrected chi connectivity index (χ1v) is 16.6. The Labute approximate surface area is 250 Å². The summed E-state index contributed by atoms with van der Waals surface area (Å²) in [6.45, 7) is 4.37. The molecule has 0 aliphatic rings.